The third kappa shape index (κ3) is 2.77. The molecule has 1 aliphatic heterocycles. The molecular formula is C17H26N4O. The van der Waals surface area contributed by atoms with E-state index in [1.807, 2.05) is 6.33 Å². The third-order valence-corrected chi connectivity index (χ3v) is 5.59. The summed E-state index contributed by atoms with van der Waals surface area (Å²) in [4.78, 5) is 14.9. The largest absolute Gasteiger partial charge is 0.342 e. The Hall–Kier alpha value is -1.39. The van der Waals surface area contributed by atoms with Crippen molar-refractivity contribution in [3.05, 3.63) is 12.2 Å². The first-order valence-corrected chi connectivity index (χ1v) is 9.01. The molecule has 1 amide bonds. The number of hydrogen-bond donors (Lipinski definition) is 0. The number of carbonyl (C=O) groups excluding carboxylic acids is 1. The van der Waals surface area contributed by atoms with Crippen LogP contribution in [-0.2, 0) is 4.79 Å². The topological polar surface area (TPSA) is 51.0 Å². The quantitative estimate of drug-likeness (QED) is 0.862. The van der Waals surface area contributed by atoms with E-state index < -0.39 is 0 Å². The van der Waals surface area contributed by atoms with Crippen molar-refractivity contribution in [3.63, 3.8) is 0 Å². The molecule has 1 saturated heterocycles. The van der Waals surface area contributed by atoms with Crippen molar-refractivity contribution in [1.82, 2.24) is 19.7 Å². The van der Waals surface area contributed by atoms with Gasteiger partial charge in [-0.2, -0.15) is 0 Å². The van der Waals surface area contributed by atoms with Crippen LogP contribution in [-0.4, -0.2) is 38.7 Å². The summed E-state index contributed by atoms with van der Waals surface area (Å²) in [5, 5.41) is 8.51. The predicted molar refractivity (Wildman–Crippen MR) is 83.4 cm³/mol. The molecule has 0 radical (unpaired) electrons. The normalized spacial score (nSPS) is 27.1. The number of hydrogen-bond acceptors (Lipinski definition) is 3. The summed E-state index contributed by atoms with van der Waals surface area (Å²) in [5.41, 5.74) is 0. The molecule has 0 unspecified atom stereocenters. The summed E-state index contributed by atoms with van der Waals surface area (Å²) in [6, 6.07) is 0.620. The maximum Gasteiger partial charge on any atom is 0.225 e. The van der Waals surface area contributed by atoms with Gasteiger partial charge in [0, 0.05) is 31.0 Å². The summed E-state index contributed by atoms with van der Waals surface area (Å²) >= 11 is 0. The number of likely N-dealkylation sites (tertiary alicyclic amines) is 1. The number of amides is 1. The van der Waals surface area contributed by atoms with Crippen LogP contribution in [0.5, 0.6) is 0 Å². The zero-order valence-corrected chi connectivity index (χ0v) is 13.3. The van der Waals surface area contributed by atoms with E-state index in [0.717, 1.165) is 44.6 Å². The van der Waals surface area contributed by atoms with Gasteiger partial charge in [0.1, 0.15) is 12.2 Å². The van der Waals surface area contributed by atoms with E-state index in [-0.39, 0.29) is 5.92 Å². The van der Waals surface area contributed by atoms with Gasteiger partial charge < -0.3 is 9.47 Å². The van der Waals surface area contributed by atoms with Gasteiger partial charge in [-0.3, -0.25) is 4.79 Å². The molecule has 120 valence electrons. The summed E-state index contributed by atoms with van der Waals surface area (Å²) in [5.74, 6) is 2.18. The van der Waals surface area contributed by atoms with Crippen LogP contribution in [0.4, 0.5) is 0 Å². The van der Waals surface area contributed by atoms with E-state index in [9.17, 15) is 4.79 Å². The second-order valence-electron chi connectivity index (χ2n) is 7.29. The van der Waals surface area contributed by atoms with Crippen LogP contribution in [0.1, 0.15) is 75.6 Å². The van der Waals surface area contributed by atoms with Crippen LogP contribution in [0.15, 0.2) is 6.33 Å². The highest BCUT2D eigenvalue weighted by atomic mass is 16.2. The molecule has 1 atom stereocenters. The maximum absolute atomic E-state index is 12.8. The molecule has 0 aromatic carbocycles. The van der Waals surface area contributed by atoms with Crippen LogP contribution in [0.3, 0.4) is 0 Å². The molecular weight excluding hydrogens is 276 g/mol. The van der Waals surface area contributed by atoms with Gasteiger partial charge in [-0.1, -0.05) is 19.3 Å². The SMILES string of the molecule is O=C(C1CCCCC1)N1CCC[C@H](c2nncn2C2CC2)C1. The Bertz CT molecular complexity index is 531. The average Bonchev–Trinajstić information content (AvgIpc) is 3.32. The van der Waals surface area contributed by atoms with Gasteiger partial charge in [0.05, 0.1) is 0 Å². The first kappa shape index (κ1) is 14.2. The Morgan fingerprint density at radius 2 is 1.86 bits per heavy atom. The van der Waals surface area contributed by atoms with Crippen molar-refractivity contribution in [2.24, 2.45) is 5.92 Å². The zero-order chi connectivity index (χ0) is 14.9. The Morgan fingerprint density at radius 3 is 2.64 bits per heavy atom. The highest BCUT2D eigenvalue weighted by Crippen LogP contribution is 2.38. The lowest BCUT2D eigenvalue weighted by atomic mass is 9.87. The van der Waals surface area contributed by atoms with Gasteiger partial charge in [0.25, 0.3) is 0 Å². The van der Waals surface area contributed by atoms with Crippen LogP contribution in [0.25, 0.3) is 0 Å². The van der Waals surface area contributed by atoms with Crippen molar-refractivity contribution < 1.29 is 4.79 Å². The molecule has 2 heterocycles. The number of nitrogens with zero attached hydrogens (tertiary/aromatic N) is 4. The van der Waals surface area contributed by atoms with Crippen LogP contribution in [0, 0.1) is 5.92 Å². The van der Waals surface area contributed by atoms with Gasteiger partial charge in [-0.15, -0.1) is 10.2 Å². The van der Waals surface area contributed by atoms with Crippen LogP contribution in [0.2, 0.25) is 0 Å². The number of carbonyl (C=O) groups is 1. The van der Waals surface area contributed by atoms with Gasteiger partial charge >= 0.3 is 0 Å². The Labute approximate surface area is 132 Å². The van der Waals surface area contributed by atoms with Crippen LogP contribution < -0.4 is 0 Å². The van der Waals surface area contributed by atoms with Gasteiger partial charge in [-0.05, 0) is 38.5 Å². The summed E-state index contributed by atoms with van der Waals surface area (Å²) in [6.45, 7) is 1.78. The highest BCUT2D eigenvalue weighted by molar-refractivity contribution is 5.79. The first-order chi connectivity index (χ1) is 10.8. The number of aromatic nitrogens is 3. The van der Waals surface area contributed by atoms with Crippen molar-refractivity contribution in [2.75, 3.05) is 13.1 Å². The fourth-order valence-corrected chi connectivity index (χ4v) is 4.17. The lowest BCUT2D eigenvalue weighted by Gasteiger charge is -2.35. The van der Waals surface area contributed by atoms with Gasteiger partial charge in [0.15, 0.2) is 0 Å². The fourth-order valence-electron chi connectivity index (χ4n) is 4.17. The molecule has 1 aromatic rings. The van der Waals surface area contributed by atoms with E-state index >= 15 is 0 Å². The fraction of sp³-hybridized carbons (Fsp3) is 0.824. The van der Waals surface area contributed by atoms with E-state index in [2.05, 4.69) is 19.7 Å². The Balaban J connectivity index is 1.44. The summed E-state index contributed by atoms with van der Waals surface area (Å²) in [6.07, 6.45) is 12.6. The van der Waals surface area contributed by atoms with E-state index in [4.69, 9.17) is 0 Å². The van der Waals surface area contributed by atoms with Gasteiger partial charge in [0.2, 0.25) is 5.91 Å². The van der Waals surface area contributed by atoms with Crippen molar-refractivity contribution in [1.29, 1.82) is 0 Å². The predicted octanol–water partition coefficient (Wildman–Crippen LogP) is 2.90. The molecule has 22 heavy (non-hydrogen) atoms. The number of rotatable bonds is 3. The molecule has 2 saturated carbocycles. The second kappa shape index (κ2) is 6.01. The minimum atomic E-state index is 0.286. The molecule has 1 aromatic heterocycles. The van der Waals surface area contributed by atoms with Crippen LogP contribution >= 0.6 is 0 Å². The minimum Gasteiger partial charge on any atom is -0.342 e. The highest BCUT2D eigenvalue weighted by Gasteiger charge is 2.34. The standard InChI is InChI=1S/C17H26N4O/c22-17(13-5-2-1-3-6-13)20-10-4-7-14(11-20)16-19-18-12-21(16)15-8-9-15/h12-15H,1-11H2/t14-/m0/s1. The zero-order valence-electron chi connectivity index (χ0n) is 13.3. The molecule has 0 bridgehead atoms. The molecule has 5 nitrogen and oxygen atoms in total. The molecule has 0 N–H and O–H groups in total. The molecule has 0 spiro atoms. The Morgan fingerprint density at radius 1 is 1.05 bits per heavy atom. The van der Waals surface area contributed by atoms with E-state index in [0.29, 0.717) is 17.9 Å². The molecule has 5 heteroatoms. The van der Waals surface area contributed by atoms with E-state index in [1.165, 1.54) is 32.1 Å². The number of piperidine rings is 1. The van der Waals surface area contributed by atoms with Crippen molar-refractivity contribution in [3.8, 4) is 0 Å². The third-order valence-electron chi connectivity index (χ3n) is 5.59. The molecule has 4 rings (SSSR count). The molecule has 2 aliphatic carbocycles. The second-order valence-corrected chi connectivity index (χ2v) is 7.29. The minimum absolute atomic E-state index is 0.286. The summed E-state index contributed by atoms with van der Waals surface area (Å²) in [7, 11) is 0. The maximum atomic E-state index is 12.8. The average molecular weight is 302 g/mol. The van der Waals surface area contributed by atoms with Gasteiger partial charge in [-0.25, -0.2) is 0 Å². The molecule has 3 aliphatic rings. The summed E-state index contributed by atoms with van der Waals surface area (Å²) < 4.78 is 2.26. The van der Waals surface area contributed by atoms with Crippen molar-refractivity contribution >= 4 is 5.91 Å². The lowest BCUT2D eigenvalue weighted by molar-refractivity contribution is -0.137. The Kier molecular flexibility index (Phi) is 3.89. The molecule has 3 fully saturated rings. The smallest absolute Gasteiger partial charge is 0.225 e. The van der Waals surface area contributed by atoms with Crippen molar-refractivity contribution in [2.45, 2.75) is 69.7 Å². The monoisotopic (exact) mass is 302 g/mol. The lowest BCUT2D eigenvalue weighted by Crippen LogP contribution is -2.43. The first-order valence-electron chi connectivity index (χ1n) is 9.01. The van der Waals surface area contributed by atoms with E-state index in [1.54, 1.807) is 0 Å².